The summed E-state index contributed by atoms with van der Waals surface area (Å²) in [6.07, 6.45) is 4.96. The summed E-state index contributed by atoms with van der Waals surface area (Å²) in [5.74, 6) is 0.366. The van der Waals surface area contributed by atoms with Crippen LogP contribution in [0.5, 0.6) is 0 Å². The number of hydrogen-bond acceptors (Lipinski definition) is 5. The van der Waals surface area contributed by atoms with Gasteiger partial charge in [0.2, 0.25) is 0 Å². The fourth-order valence-electron chi connectivity index (χ4n) is 4.48. The Kier molecular flexibility index (Phi) is 7.33. The Hall–Kier alpha value is -2.46. The molecule has 0 bridgehead atoms. The molecule has 1 fully saturated rings. The Morgan fingerprint density at radius 3 is 2.55 bits per heavy atom. The standard InChI is InChI=1S/C27H28N2O2S2/c1-19-11-13-21(14-12-19)24-16-22(20-8-4-3-5-9-20)23(17-28)26(29-24)32-18-27(30)15-7-6-10-25(27)33(2)31/h3-5,8-9,11-14,16,25,30H,6-7,10,15,18H2,1-2H3/t25-,27-,33+/m1/s1. The van der Waals surface area contributed by atoms with Gasteiger partial charge in [0.1, 0.15) is 11.1 Å². The van der Waals surface area contributed by atoms with Crippen LogP contribution in [-0.4, -0.2) is 37.2 Å². The second-order valence-electron chi connectivity index (χ2n) is 8.70. The lowest BCUT2D eigenvalue weighted by Gasteiger charge is -2.38. The molecule has 0 saturated heterocycles. The molecule has 1 N–H and O–H groups in total. The van der Waals surface area contributed by atoms with Crippen LogP contribution >= 0.6 is 11.8 Å². The van der Waals surface area contributed by atoms with Gasteiger partial charge >= 0.3 is 0 Å². The largest absolute Gasteiger partial charge is 0.388 e. The van der Waals surface area contributed by atoms with Gasteiger partial charge in [-0.25, -0.2) is 4.98 Å². The Balaban J connectivity index is 1.77. The van der Waals surface area contributed by atoms with E-state index < -0.39 is 16.4 Å². The van der Waals surface area contributed by atoms with Crippen molar-refractivity contribution in [1.82, 2.24) is 4.98 Å². The third kappa shape index (κ3) is 5.22. The number of nitrogens with zero attached hydrogens (tertiary/aromatic N) is 2. The molecule has 4 rings (SSSR count). The predicted octanol–water partition coefficient (Wildman–Crippen LogP) is 5.74. The van der Waals surface area contributed by atoms with Crippen LogP contribution in [0.15, 0.2) is 65.7 Å². The fourth-order valence-corrected chi connectivity index (χ4v) is 7.09. The lowest BCUT2D eigenvalue weighted by Crippen LogP contribution is -2.49. The quantitative estimate of drug-likeness (QED) is 0.459. The first-order valence-corrected chi connectivity index (χ1v) is 13.8. The molecule has 3 atom stereocenters. The maximum absolute atomic E-state index is 12.3. The van der Waals surface area contributed by atoms with Crippen molar-refractivity contribution in [2.75, 3.05) is 12.0 Å². The van der Waals surface area contributed by atoms with Crippen LogP contribution in [0.1, 0.15) is 36.8 Å². The Bertz CT molecular complexity index is 1190. The highest BCUT2D eigenvalue weighted by atomic mass is 32.2. The first-order valence-electron chi connectivity index (χ1n) is 11.2. The van der Waals surface area contributed by atoms with Gasteiger partial charge in [-0.2, -0.15) is 5.26 Å². The number of rotatable bonds is 6. The van der Waals surface area contributed by atoms with Gasteiger partial charge < -0.3 is 5.11 Å². The lowest BCUT2D eigenvalue weighted by atomic mass is 9.86. The first-order chi connectivity index (χ1) is 15.9. The molecule has 1 aliphatic carbocycles. The minimum atomic E-state index is -1.11. The number of aliphatic hydroxyl groups is 1. The Morgan fingerprint density at radius 2 is 1.88 bits per heavy atom. The number of aromatic nitrogens is 1. The van der Waals surface area contributed by atoms with E-state index >= 15 is 0 Å². The van der Waals surface area contributed by atoms with E-state index in [4.69, 9.17) is 4.98 Å². The molecule has 3 aromatic rings. The summed E-state index contributed by atoms with van der Waals surface area (Å²) in [5.41, 5.74) is 4.21. The predicted molar refractivity (Wildman–Crippen MR) is 137 cm³/mol. The maximum Gasteiger partial charge on any atom is 0.115 e. The molecule has 170 valence electrons. The molecule has 0 aliphatic heterocycles. The molecule has 0 spiro atoms. The monoisotopic (exact) mass is 476 g/mol. The van der Waals surface area contributed by atoms with Crippen molar-refractivity contribution in [3.8, 4) is 28.5 Å². The molecular formula is C27H28N2O2S2. The molecule has 33 heavy (non-hydrogen) atoms. The van der Waals surface area contributed by atoms with Crippen LogP contribution in [0.3, 0.4) is 0 Å². The second kappa shape index (κ2) is 10.2. The van der Waals surface area contributed by atoms with E-state index in [1.54, 1.807) is 6.26 Å². The molecule has 1 aliphatic rings. The molecule has 2 aromatic carbocycles. The molecule has 0 amide bonds. The molecule has 1 heterocycles. The van der Waals surface area contributed by atoms with Gasteiger partial charge in [-0.3, -0.25) is 4.21 Å². The lowest BCUT2D eigenvalue weighted by molar-refractivity contribution is 0.0326. The van der Waals surface area contributed by atoms with E-state index in [2.05, 4.69) is 18.2 Å². The van der Waals surface area contributed by atoms with Crippen LogP contribution in [0.4, 0.5) is 0 Å². The van der Waals surface area contributed by atoms with Crippen molar-refractivity contribution in [3.63, 3.8) is 0 Å². The van der Waals surface area contributed by atoms with Crippen molar-refractivity contribution in [1.29, 1.82) is 5.26 Å². The van der Waals surface area contributed by atoms with Gasteiger partial charge in [0.05, 0.1) is 22.1 Å². The van der Waals surface area contributed by atoms with E-state index in [9.17, 15) is 14.6 Å². The van der Waals surface area contributed by atoms with E-state index in [-0.39, 0.29) is 5.25 Å². The third-order valence-corrected chi connectivity index (χ3v) is 9.00. The highest BCUT2D eigenvalue weighted by molar-refractivity contribution is 7.99. The van der Waals surface area contributed by atoms with Crippen molar-refractivity contribution in [2.24, 2.45) is 0 Å². The number of pyridine rings is 1. The summed E-state index contributed by atoms with van der Waals surface area (Å²) in [6.45, 7) is 2.05. The zero-order valence-electron chi connectivity index (χ0n) is 19.0. The number of aryl methyl sites for hydroxylation is 1. The number of thioether (sulfide) groups is 1. The van der Waals surface area contributed by atoms with Gasteiger partial charge in [0.25, 0.3) is 0 Å². The first kappa shape index (κ1) is 23.7. The number of hydrogen-bond donors (Lipinski definition) is 1. The zero-order chi connectivity index (χ0) is 23.4. The van der Waals surface area contributed by atoms with Crippen LogP contribution in [0.25, 0.3) is 22.4 Å². The van der Waals surface area contributed by atoms with Crippen LogP contribution in [0.2, 0.25) is 0 Å². The summed E-state index contributed by atoms with van der Waals surface area (Å²) < 4.78 is 12.3. The van der Waals surface area contributed by atoms with Crippen LogP contribution in [0, 0.1) is 18.3 Å². The van der Waals surface area contributed by atoms with Gasteiger partial charge in [-0.15, -0.1) is 11.8 Å². The smallest absolute Gasteiger partial charge is 0.115 e. The Labute approximate surface area is 202 Å². The molecule has 0 unspecified atom stereocenters. The van der Waals surface area contributed by atoms with Crippen molar-refractivity contribution < 1.29 is 9.32 Å². The summed E-state index contributed by atoms with van der Waals surface area (Å²) in [5, 5.41) is 21.8. The van der Waals surface area contributed by atoms with Gasteiger partial charge in [0, 0.05) is 33.9 Å². The average Bonchev–Trinajstić information content (AvgIpc) is 2.83. The number of benzene rings is 2. The van der Waals surface area contributed by atoms with Crippen molar-refractivity contribution in [2.45, 2.75) is 48.5 Å². The summed E-state index contributed by atoms with van der Waals surface area (Å²) >= 11 is 1.40. The molecule has 6 heteroatoms. The van der Waals surface area contributed by atoms with E-state index in [0.717, 1.165) is 41.6 Å². The second-order valence-corrected chi connectivity index (χ2v) is 11.2. The van der Waals surface area contributed by atoms with Gasteiger partial charge in [0.15, 0.2) is 0 Å². The van der Waals surface area contributed by atoms with Crippen LogP contribution in [-0.2, 0) is 10.8 Å². The molecule has 1 aromatic heterocycles. The minimum Gasteiger partial charge on any atom is -0.388 e. The molecular weight excluding hydrogens is 448 g/mol. The zero-order valence-corrected chi connectivity index (χ0v) is 20.6. The molecule has 4 nitrogen and oxygen atoms in total. The molecule has 1 saturated carbocycles. The van der Waals surface area contributed by atoms with Gasteiger partial charge in [-0.05, 0) is 31.4 Å². The normalized spacial score (nSPS) is 21.3. The number of nitriles is 1. The maximum atomic E-state index is 12.3. The average molecular weight is 477 g/mol. The van der Waals surface area contributed by atoms with Crippen molar-refractivity contribution >= 4 is 22.6 Å². The summed E-state index contributed by atoms with van der Waals surface area (Å²) in [7, 11) is -1.11. The topological polar surface area (TPSA) is 74.0 Å². The SMILES string of the molecule is Cc1ccc(-c2cc(-c3ccccc3)c(C#N)c(SC[C@]3(O)CCCC[C@H]3[S@](C)=O)n2)cc1. The van der Waals surface area contributed by atoms with Crippen LogP contribution < -0.4 is 0 Å². The highest BCUT2D eigenvalue weighted by Gasteiger charge is 2.41. The summed E-state index contributed by atoms with van der Waals surface area (Å²) in [4.78, 5) is 4.87. The fraction of sp³-hybridized carbons (Fsp3) is 0.333. The highest BCUT2D eigenvalue weighted by Crippen LogP contribution is 2.39. The van der Waals surface area contributed by atoms with Crippen molar-refractivity contribution in [3.05, 3.63) is 71.8 Å². The Morgan fingerprint density at radius 1 is 1.15 bits per heavy atom. The van der Waals surface area contributed by atoms with E-state index in [1.807, 2.05) is 55.5 Å². The van der Waals surface area contributed by atoms with E-state index in [0.29, 0.717) is 22.8 Å². The third-order valence-electron chi connectivity index (χ3n) is 6.32. The molecule has 0 radical (unpaired) electrons. The summed E-state index contributed by atoms with van der Waals surface area (Å²) in [6, 6.07) is 22.4. The van der Waals surface area contributed by atoms with E-state index in [1.165, 1.54) is 17.3 Å². The van der Waals surface area contributed by atoms with Gasteiger partial charge in [-0.1, -0.05) is 73.0 Å². The minimum absolute atomic E-state index is 0.252.